The van der Waals surface area contributed by atoms with Gasteiger partial charge in [0.25, 0.3) is 5.69 Å². The van der Waals surface area contributed by atoms with Crippen LogP contribution in [0.25, 0.3) is 0 Å². The lowest BCUT2D eigenvalue weighted by molar-refractivity contribution is -0.385. The first-order valence-corrected chi connectivity index (χ1v) is 9.59. The van der Waals surface area contributed by atoms with E-state index in [1.54, 1.807) is 0 Å². The van der Waals surface area contributed by atoms with Gasteiger partial charge >= 0.3 is 0 Å². The molecule has 0 unspecified atom stereocenters. The lowest BCUT2D eigenvalue weighted by Crippen LogP contribution is -2.41. The second kappa shape index (κ2) is 6.12. The molecule has 0 fully saturated rings. The van der Waals surface area contributed by atoms with Gasteiger partial charge < -0.3 is 4.57 Å². The number of nitro groups is 1. The summed E-state index contributed by atoms with van der Waals surface area (Å²) in [4.78, 5) is 10.4. The summed E-state index contributed by atoms with van der Waals surface area (Å²) < 4.78 is 29.6. The van der Waals surface area contributed by atoms with Crippen LogP contribution in [0.4, 0.5) is 5.69 Å². The molecule has 1 atom stereocenters. The van der Waals surface area contributed by atoms with Crippen molar-refractivity contribution < 1.29 is 13.3 Å². The van der Waals surface area contributed by atoms with E-state index < -0.39 is 14.9 Å². The van der Waals surface area contributed by atoms with E-state index in [1.807, 2.05) is 26.0 Å². The Morgan fingerprint density at radius 2 is 1.92 bits per heavy atom. The maximum absolute atomic E-state index is 13.1. The number of nitrogens with zero attached hydrogens (tertiary/aromatic N) is 3. The van der Waals surface area contributed by atoms with Gasteiger partial charge in [-0.05, 0) is 39.0 Å². The fourth-order valence-corrected chi connectivity index (χ4v) is 5.17. The van der Waals surface area contributed by atoms with Crippen molar-refractivity contribution in [2.45, 2.75) is 38.3 Å². The number of fused-ring (bicyclic) bond motifs is 1. The molecule has 7 nitrogen and oxygen atoms in total. The predicted molar refractivity (Wildman–Crippen MR) is 94.3 cm³/mol. The third-order valence-corrected chi connectivity index (χ3v) is 7.07. The second-order valence-corrected chi connectivity index (χ2v) is 8.45. The van der Waals surface area contributed by atoms with Gasteiger partial charge in [0, 0.05) is 36.1 Å². The zero-order chi connectivity index (χ0) is 18.5. The van der Waals surface area contributed by atoms with Crippen molar-refractivity contribution in [3.05, 3.63) is 56.4 Å². The van der Waals surface area contributed by atoms with Gasteiger partial charge in [-0.3, -0.25) is 10.1 Å². The van der Waals surface area contributed by atoms with Crippen LogP contribution in [0.3, 0.4) is 0 Å². The molecule has 0 radical (unpaired) electrons. The van der Waals surface area contributed by atoms with Gasteiger partial charge in [0.2, 0.25) is 10.0 Å². The number of halogens is 1. The highest BCUT2D eigenvalue weighted by molar-refractivity contribution is 7.89. The summed E-state index contributed by atoms with van der Waals surface area (Å²) in [7, 11) is -3.91. The largest absolute Gasteiger partial charge is 0.346 e. The van der Waals surface area contributed by atoms with Gasteiger partial charge in [-0.2, -0.15) is 4.31 Å². The number of hydrogen-bond donors (Lipinski definition) is 0. The van der Waals surface area contributed by atoms with E-state index in [2.05, 4.69) is 4.57 Å². The van der Waals surface area contributed by atoms with Crippen LogP contribution in [0.1, 0.15) is 29.9 Å². The lowest BCUT2D eigenvalue weighted by Gasteiger charge is -2.34. The van der Waals surface area contributed by atoms with E-state index >= 15 is 0 Å². The summed E-state index contributed by atoms with van der Waals surface area (Å²) in [6, 6.07) is 5.86. The smallest absolute Gasteiger partial charge is 0.275 e. The Labute approximate surface area is 151 Å². The molecule has 0 amide bonds. The van der Waals surface area contributed by atoms with Gasteiger partial charge in [-0.15, -0.1) is 0 Å². The van der Waals surface area contributed by atoms with E-state index in [4.69, 9.17) is 11.6 Å². The zero-order valence-corrected chi connectivity index (χ0v) is 15.6. The van der Waals surface area contributed by atoms with E-state index in [1.165, 1.54) is 17.3 Å². The van der Waals surface area contributed by atoms with Crippen LogP contribution in [-0.2, 0) is 16.6 Å². The molecule has 1 aromatic carbocycles. The van der Waals surface area contributed by atoms with Crippen molar-refractivity contribution >= 4 is 27.3 Å². The molecule has 0 saturated carbocycles. The van der Waals surface area contributed by atoms with E-state index in [9.17, 15) is 18.5 Å². The Balaban J connectivity index is 2.07. The predicted octanol–water partition coefficient (Wildman–Crippen LogP) is 3.43. The molecule has 1 aromatic heterocycles. The quantitative estimate of drug-likeness (QED) is 0.600. The Hall–Kier alpha value is -1.90. The topological polar surface area (TPSA) is 85.5 Å². The first-order valence-electron chi connectivity index (χ1n) is 7.77. The van der Waals surface area contributed by atoms with Crippen LogP contribution < -0.4 is 0 Å². The number of nitro benzene ring substituents is 1. The molecule has 9 heteroatoms. The molecule has 134 valence electrons. The molecule has 2 aromatic rings. The van der Waals surface area contributed by atoms with E-state index in [0.717, 1.165) is 17.5 Å². The highest BCUT2D eigenvalue weighted by Gasteiger charge is 2.35. The normalized spacial score (nSPS) is 18.2. The average molecular weight is 384 g/mol. The highest BCUT2D eigenvalue weighted by atomic mass is 35.5. The monoisotopic (exact) mass is 383 g/mol. The molecule has 0 aliphatic carbocycles. The fraction of sp³-hybridized carbons (Fsp3) is 0.375. The van der Waals surface area contributed by atoms with Crippen molar-refractivity contribution in [2.75, 3.05) is 6.54 Å². The van der Waals surface area contributed by atoms with Crippen LogP contribution in [0.2, 0.25) is 5.02 Å². The molecule has 0 spiro atoms. The van der Waals surface area contributed by atoms with Crippen LogP contribution in [0.5, 0.6) is 0 Å². The number of aromatic nitrogens is 1. The van der Waals surface area contributed by atoms with Gasteiger partial charge in [0.1, 0.15) is 0 Å². The minimum atomic E-state index is -3.91. The number of sulfonamides is 1. The Morgan fingerprint density at radius 3 is 2.56 bits per heavy atom. The van der Waals surface area contributed by atoms with Crippen LogP contribution in [-0.4, -0.2) is 28.8 Å². The number of hydrogen-bond acceptors (Lipinski definition) is 4. The second-order valence-electron chi connectivity index (χ2n) is 6.15. The third-order valence-electron chi connectivity index (χ3n) is 4.73. The molecule has 2 heterocycles. The van der Waals surface area contributed by atoms with Crippen molar-refractivity contribution in [2.24, 2.45) is 0 Å². The standard InChI is InChI=1S/C16H18ClN3O4S/c1-10-4-5-15-12(3)19(7-6-18(10)15)25(23,24)13-8-14(17)11(2)16(9-13)20(21)22/h4-5,8-9,12H,6-7H2,1-3H3/t12-/m0/s1. The fourth-order valence-electron chi connectivity index (χ4n) is 3.24. The molecule has 1 aliphatic rings. The SMILES string of the molecule is Cc1c(Cl)cc(S(=O)(=O)N2CCn3c(C)ccc3[C@@H]2C)cc1[N+](=O)[O-]. The van der Waals surface area contributed by atoms with Gasteiger partial charge in [-0.25, -0.2) is 8.42 Å². The summed E-state index contributed by atoms with van der Waals surface area (Å²) in [5.74, 6) is 0. The summed E-state index contributed by atoms with van der Waals surface area (Å²) in [5, 5.41) is 11.3. The molecule has 25 heavy (non-hydrogen) atoms. The molecular formula is C16H18ClN3O4S. The van der Waals surface area contributed by atoms with Crippen molar-refractivity contribution in [1.82, 2.24) is 8.87 Å². The minimum Gasteiger partial charge on any atom is -0.346 e. The summed E-state index contributed by atoms with van der Waals surface area (Å²) in [5.41, 5.74) is 1.93. The zero-order valence-electron chi connectivity index (χ0n) is 14.1. The lowest BCUT2D eigenvalue weighted by atomic mass is 10.2. The first-order chi connectivity index (χ1) is 11.6. The van der Waals surface area contributed by atoms with Gasteiger partial charge in [-0.1, -0.05) is 11.6 Å². The Kier molecular flexibility index (Phi) is 4.38. The average Bonchev–Trinajstić information content (AvgIpc) is 2.92. The van der Waals surface area contributed by atoms with Crippen molar-refractivity contribution in [3.8, 4) is 0 Å². The van der Waals surface area contributed by atoms with Gasteiger partial charge in [0.15, 0.2) is 0 Å². The molecule has 1 aliphatic heterocycles. The maximum Gasteiger partial charge on any atom is 0.275 e. The Bertz CT molecular complexity index is 968. The summed E-state index contributed by atoms with van der Waals surface area (Å²) in [6.07, 6.45) is 0. The minimum absolute atomic E-state index is 0.0663. The molecule has 0 bridgehead atoms. The number of rotatable bonds is 3. The van der Waals surface area contributed by atoms with E-state index in [0.29, 0.717) is 13.1 Å². The van der Waals surface area contributed by atoms with Crippen LogP contribution >= 0.6 is 11.6 Å². The number of aryl methyl sites for hydroxylation is 1. The van der Waals surface area contributed by atoms with E-state index in [-0.39, 0.29) is 27.2 Å². The molecular weight excluding hydrogens is 366 g/mol. The molecule has 0 N–H and O–H groups in total. The highest BCUT2D eigenvalue weighted by Crippen LogP contribution is 2.35. The van der Waals surface area contributed by atoms with Crippen molar-refractivity contribution in [3.63, 3.8) is 0 Å². The summed E-state index contributed by atoms with van der Waals surface area (Å²) >= 11 is 6.04. The van der Waals surface area contributed by atoms with Gasteiger partial charge in [0.05, 0.1) is 20.9 Å². The van der Waals surface area contributed by atoms with Crippen molar-refractivity contribution in [1.29, 1.82) is 0 Å². The van der Waals surface area contributed by atoms with Crippen LogP contribution in [0.15, 0.2) is 29.2 Å². The molecule has 3 rings (SSSR count). The first kappa shape index (κ1) is 17.9. The summed E-state index contributed by atoms with van der Waals surface area (Å²) in [6.45, 7) is 6.12. The molecule has 0 saturated heterocycles. The third kappa shape index (κ3) is 2.84. The van der Waals surface area contributed by atoms with Crippen LogP contribution in [0, 0.1) is 24.0 Å². The Morgan fingerprint density at radius 1 is 1.24 bits per heavy atom. The maximum atomic E-state index is 13.1. The number of benzene rings is 1.